The zero-order chi connectivity index (χ0) is 17.1. The molecule has 0 bridgehead atoms. The lowest BCUT2D eigenvalue weighted by molar-refractivity contribution is -0.131. The molecule has 1 aliphatic rings. The molecule has 3 rings (SSSR count). The number of thioether (sulfide) groups is 1. The summed E-state index contributed by atoms with van der Waals surface area (Å²) in [5.41, 5.74) is 1.15. The van der Waals surface area contributed by atoms with Crippen LogP contribution in [0.3, 0.4) is 0 Å². The molecule has 128 valence electrons. The van der Waals surface area contributed by atoms with Crippen molar-refractivity contribution in [3.63, 3.8) is 0 Å². The van der Waals surface area contributed by atoms with Crippen LogP contribution in [0.2, 0.25) is 0 Å². The topological polar surface area (TPSA) is 68.3 Å². The van der Waals surface area contributed by atoms with Gasteiger partial charge in [0.2, 0.25) is 5.91 Å². The molecule has 0 N–H and O–H groups in total. The maximum absolute atomic E-state index is 12.6. The van der Waals surface area contributed by atoms with E-state index in [9.17, 15) is 9.59 Å². The van der Waals surface area contributed by atoms with Crippen molar-refractivity contribution in [2.45, 2.75) is 32.1 Å². The molecule has 3 heterocycles. The van der Waals surface area contributed by atoms with Crippen molar-refractivity contribution in [1.82, 2.24) is 14.5 Å². The average Bonchev–Trinajstić information content (AvgIpc) is 3.00. The van der Waals surface area contributed by atoms with Crippen LogP contribution < -0.4 is 5.56 Å². The first-order valence-electron chi connectivity index (χ1n) is 8.01. The molecule has 1 amide bonds. The number of amides is 1. The van der Waals surface area contributed by atoms with Gasteiger partial charge in [0, 0.05) is 30.1 Å². The van der Waals surface area contributed by atoms with E-state index in [1.54, 1.807) is 20.1 Å². The third-order valence-electron chi connectivity index (χ3n) is 4.38. The Balaban J connectivity index is 1.66. The van der Waals surface area contributed by atoms with E-state index in [0.29, 0.717) is 24.3 Å². The monoisotopic (exact) mass is 347 g/mol. The number of aromatic nitrogens is 2. The highest BCUT2D eigenvalue weighted by Crippen LogP contribution is 2.34. The van der Waals surface area contributed by atoms with Gasteiger partial charge in [0.25, 0.3) is 5.56 Å². The van der Waals surface area contributed by atoms with Crippen molar-refractivity contribution in [2.75, 3.05) is 18.8 Å². The maximum atomic E-state index is 12.6. The average molecular weight is 347 g/mol. The van der Waals surface area contributed by atoms with E-state index >= 15 is 0 Å². The van der Waals surface area contributed by atoms with E-state index in [2.05, 4.69) is 4.98 Å². The molecule has 0 aromatic carbocycles. The van der Waals surface area contributed by atoms with E-state index < -0.39 is 0 Å². The van der Waals surface area contributed by atoms with Gasteiger partial charge in [-0.2, -0.15) is 0 Å². The fourth-order valence-electron chi connectivity index (χ4n) is 2.76. The third kappa shape index (κ3) is 3.56. The second kappa shape index (κ2) is 7.25. The molecule has 0 spiro atoms. The van der Waals surface area contributed by atoms with Crippen molar-refractivity contribution in [2.24, 2.45) is 0 Å². The van der Waals surface area contributed by atoms with E-state index in [0.717, 1.165) is 17.9 Å². The second-order valence-corrected chi connectivity index (χ2v) is 7.24. The first kappa shape index (κ1) is 16.8. The first-order valence-corrected chi connectivity index (χ1v) is 9.06. The smallest absolute Gasteiger partial charge is 0.256 e. The Morgan fingerprint density at radius 1 is 1.42 bits per heavy atom. The Morgan fingerprint density at radius 2 is 2.25 bits per heavy atom. The van der Waals surface area contributed by atoms with Gasteiger partial charge < -0.3 is 9.32 Å². The summed E-state index contributed by atoms with van der Waals surface area (Å²) in [4.78, 5) is 30.8. The molecule has 0 aliphatic carbocycles. The zero-order valence-electron chi connectivity index (χ0n) is 13.9. The molecule has 0 saturated carbocycles. The van der Waals surface area contributed by atoms with Gasteiger partial charge in [-0.25, -0.2) is 4.98 Å². The van der Waals surface area contributed by atoms with Crippen LogP contribution in [0, 0.1) is 13.8 Å². The van der Waals surface area contributed by atoms with E-state index in [1.807, 2.05) is 28.8 Å². The van der Waals surface area contributed by atoms with Gasteiger partial charge in [0.05, 0.1) is 17.8 Å². The minimum atomic E-state index is -0.145. The van der Waals surface area contributed by atoms with Gasteiger partial charge in [0.1, 0.15) is 12.3 Å². The molecule has 24 heavy (non-hydrogen) atoms. The van der Waals surface area contributed by atoms with Crippen LogP contribution in [0.15, 0.2) is 33.9 Å². The highest BCUT2D eigenvalue weighted by molar-refractivity contribution is 7.99. The lowest BCUT2D eigenvalue weighted by atomic mass is 10.2. The quantitative estimate of drug-likeness (QED) is 0.851. The SMILES string of the molecule is Cc1ncn(CC(=O)N2CCS[C@H](c3ccco3)CC2)c(=O)c1C. The number of nitrogens with zero attached hydrogens (tertiary/aromatic N) is 3. The molecule has 0 radical (unpaired) electrons. The van der Waals surface area contributed by atoms with E-state index in [1.165, 1.54) is 10.9 Å². The second-order valence-electron chi connectivity index (χ2n) is 5.93. The predicted octanol–water partition coefficient (Wildman–Crippen LogP) is 2.16. The number of hydrogen-bond acceptors (Lipinski definition) is 5. The van der Waals surface area contributed by atoms with Gasteiger partial charge in [-0.15, -0.1) is 11.8 Å². The van der Waals surface area contributed by atoms with Crippen LogP contribution in [0.4, 0.5) is 0 Å². The summed E-state index contributed by atoms with van der Waals surface area (Å²) in [6, 6.07) is 3.87. The van der Waals surface area contributed by atoms with Crippen molar-refractivity contribution in [3.8, 4) is 0 Å². The summed E-state index contributed by atoms with van der Waals surface area (Å²) in [5, 5.41) is 0.281. The van der Waals surface area contributed by atoms with Gasteiger partial charge in [-0.3, -0.25) is 14.2 Å². The normalized spacial score (nSPS) is 18.4. The van der Waals surface area contributed by atoms with Gasteiger partial charge in [-0.1, -0.05) is 0 Å². The third-order valence-corrected chi connectivity index (χ3v) is 5.66. The zero-order valence-corrected chi connectivity index (χ0v) is 14.7. The van der Waals surface area contributed by atoms with Crippen LogP contribution in [0.5, 0.6) is 0 Å². The summed E-state index contributed by atoms with van der Waals surface area (Å²) < 4.78 is 6.88. The molecule has 6 nitrogen and oxygen atoms in total. The fourth-order valence-corrected chi connectivity index (χ4v) is 3.94. The summed E-state index contributed by atoms with van der Waals surface area (Å²) in [5.74, 6) is 1.78. The lowest BCUT2D eigenvalue weighted by Crippen LogP contribution is -2.38. The van der Waals surface area contributed by atoms with Crippen molar-refractivity contribution >= 4 is 17.7 Å². The van der Waals surface area contributed by atoms with Crippen molar-refractivity contribution < 1.29 is 9.21 Å². The molecule has 0 unspecified atom stereocenters. The standard InChI is InChI=1S/C17H21N3O3S/c1-12-13(2)18-11-20(17(12)22)10-16(21)19-6-5-15(24-9-7-19)14-4-3-8-23-14/h3-4,8,11,15H,5-7,9-10H2,1-2H3/t15-/m0/s1. The summed E-state index contributed by atoms with van der Waals surface area (Å²) in [7, 11) is 0. The van der Waals surface area contributed by atoms with Crippen molar-refractivity contribution in [1.29, 1.82) is 0 Å². The molecule has 1 atom stereocenters. The molecule has 2 aromatic heterocycles. The highest BCUT2D eigenvalue weighted by atomic mass is 32.2. The van der Waals surface area contributed by atoms with E-state index in [4.69, 9.17) is 4.42 Å². The molecule has 2 aromatic rings. The van der Waals surface area contributed by atoms with Crippen LogP contribution in [-0.4, -0.2) is 39.2 Å². The fraction of sp³-hybridized carbons (Fsp3) is 0.471. The van der Waals surface area contributed by atoms with Crippen LogP contribution in [0.25, 0.3) is 0 Å². The minimum Gasteiger partial charge on any atom is -0.468 e. The number of carbonyl (C=O) groups excluding carboxylic acids is 1. The number of rotatable bonds is 3. The van der Waals surface area contributed by atoms with Crippen LogP contribution in [0.1, 0.15) is 28.7 Å². The largest absolute Gasteiger partial charge is 0.468 e. The maximum Gasteiger partial charge on any atom is 0.256 e. The molecule has 1 fully saturated rings. The summed E-state index contributed by atoms with van der Waals surface area (Å²) in [6.45, 7) is 4.94. The Kier molecular flexibility index (Phi) is 5.08. The Labute approximate surface area is 144 Å². The van der Waals surface area contributed by atoms with E-state index in [-0.39, 0.29) is 23.3 Å². The summed E-state index contributed by atoms with van der Waals surface area (Å²) >= 11 is 1.81. The molecule has 1 aliphatic heterocycles. The van der Waals surface area contributed by atoms with Crippen LogP contribution in [-0.2, 0) is 11.3 Å². The Morgan fingerprint density at radius 3 is 3.00 bits per heavy atom. The molecular weight excluding hydrogens is 326 g/mol. The van der Waals surface area contributed by atoms with Gasteiger partial charge in [0.15, 0.2) is 0 Å². The van der Waals surface area contributed by atoms with Gasteiger partial charge >= 0.3 is 0 Å². The number of hydrogen-bond donors (Lipinski definition) is 0. The Bertz CT molecular complexity index is 770. The predicted molar refractivity (Wildman–Crippen MR) is 93.1 cm³/mol. The molecule has 1 saturated heterocycles. The first-order chi connectivity index (χ1) is 11.6. The highest BCUT2D eigenvalue weighted by Gasteiger charge is 2.23. The number of aryl methyl sites for hydroxylation is 1. The van der Waals surface area contributed by atoms with Crippen LogP contribution >= 0.6 is 11.8 Å². The lowest BCUT2D eigenvalue weighted by Gasteiger charge is -2.20. The summed E-state index contributed by atoms with van der Waals surface area (Å²) in [6.07, 6.45) is 3.99. The Hall–Kier alpha value is -2.02. The van der Waals surface area contributed by atoms with Crippen molar-refractivity contribution in [3.05, 3.63) is 52.1 Å². The molecular formula is C17H21N3O3S. The minimum absolute atomic E-state index is 0.0390. The number of carbonyl (C=O) groups is 1. The van der Waals surface area contributed by atoms with Gasteiger partial charge in [-0.05, 0) is 32.4 Å². The number of furan rings is 1. The molecule has 7 heteroatoms.